The Morgan fingerprint density at radius 2 is 2.24 bits per heavy atom. The topological polar surface area (TPSA) is 64.8 Å². The number of morpholine rings is 1. The van der Waals surface area contributed by atoms with Crippen molar-refractivity contribution in [2.45, 2.75) is 32.0 Å². The molecule has 0 radical (unpaired) electrons. The Balaban J connectivity index is 2.02. The summed E-state index contributed by atoms with van der Waals surface area (Å²) in [7, 11) is 1.65. The molecule has 1 unspecified atom stereocenters. The van der Waals surface area contributed by atoms with Crippen LogP contribution in [0.1, 0.15) is 19.4 Å². The van der Waals surface area contributed by atoms with Crippen molar-refractivity contribution in [1.82, 2.24) is 4.90 Å². The van der Waals surface area contributed by atoms with Crippen LogP contribution in [0.5, 0.6) is 5.75 Å². The minimum Gasteiger partial charge on any atom is -0.497 e. The molecule has 0 spiro atoms. The molecule has 1 aliphatic rings. The van der Waals surface area contributed by atoms with Crippen molar-refractivity contribution in [3.8, 4) is 5.75 Å². The molecule has 0 bridgehead atoms. The first kappa shape index (κ1) is 15.8. The van der Waals surface area contributed by atoms with E-state index in [1.807, 2.05) is 29.2 Å². The molecule has 2 N–H and O–H groups in total. The monoisotopic (exact) mass is 292 g/mol. The van der Waals surface area contributed by atoms with Crippen molar-refractivity contribution in [2.24, 2.45) is 5.73 Å². The SMILES string of the molecule is COc1cccc(CCN2CC(CN)OC(C)(C)C2=O)c1. The quantitative estimate of drug-likeness (QED) is 0.886. The van der Waals surface area contributed by atoms with Crippen LogP contribution in [0.25, 0.3) is 0 Å². The third-order valence-electron chi connectivity index (χ3n) is 3.76. The summed E-state index contributed by atoms with van der Waals surface area (Å²) in [6.45, 7) is 5.25. The van der Waals surface area contributed by atoms with Gasteiger partial charge in [-0.1, -0.05) is 12.1 Å². The maximum atomic E-state index is 12.4. The van der Waals surface area contributed by atoms with Gasteiger partial charge in [0.2, 0.25) is 0 Å². The van der Waals surface area contributed by atoms with Gasteiger partial charge < -0.3 is 20.1 Å². The molecular weight excluding hydrogens is 268 g/mol. The molecule has 1 aliphatic heterocycles. The fourth-order valence-corrected chi connectivity index (χ4v) is 2.62. The van der Waals surface area contributed by atoms with Crippen LogP contribution in [0, 0.1) is 0 Å². The number of hydrogen-bond donors (Lipinski definition) is 1. The second-order valence-electron chi connectivity index (χ2n) is 5.84. The third-order valence-corrected chi connectivity index (χ3v) is 3.76. The molecule has 1 amide bonds. The summed E-state index contributed by atoms with van der Waals surface area (Å²) >= 11 is 0. The van der Waals surface area contributed by atoms with Crippen molar-refractivity contribution >= 4 is 5.91 Å². The van der Waals surface area contributed by atoms with Gasteiger partial charge in [-0.15, -0.1) is 0 Å². The number of rotatable bonds is 5. The van der Waals surface area contributed by atoms with E-state index in [4.69, 9.17) is 15.2 Å². The molecule has 21 heavy (non-hydrogen) atoms. The highest BCUT2D eigenvalue weighted by molar-refractivity contribution is 5.85. The maximum Gasteiger partial charge on any atom is 0.254 e. The van der Waals surface area contributed by atoms with Crippen molar-refractivity contribution in [3.63, 3.8) is 0 Å². The first-order valence-electron chi connectivity index (χ1n) is 7.26. The van der Waals surface area contributed by atoms with Crippen LogP contribution in [0.3, 0.4) is 0 Å². The van der Waals surface area contributed by atoms with Gasteiger partial charge in [0.1, 0.15) is 11.4 Å². The number of benzene rings is 1. The van der Waals surface area contributed by atoms with Crippen LogP contribution < -0.4 is 10.5 Å². The van der Waals surface area contributed by atoms with Crippen LogP contribution >= 0.6 is 0 Å². The highest BCUT2D eigenvalue weighted by atomic mass is 16.5. The number of hydrogen-bond acceptors (Lipinski definition) is 4. The molecule has 1 saturated heterocycles. The number of nitrogens with two attached hydrogens (primary N) is 1. The average molecular weight is 292 g/mol. The van der Waals surface area contributed by atoms with Gasteiger partial charge in [0.05, 0.1) is 13.2 Å². The minimum absolute atomic E-state index is 0.0232. The summed E-state index contributed by atoms with van der Waals surface area (Å²) < 4.78 is 10.9. The van der Waals surface area contributed by atoms with Crippen molar-refractivity contribution in [1.29, 1.82) is 0 Å². The number of carbonyl (C=O) groups excluding carboxylic acids is 1. The van der Waals surface area contributed by atoms with Gasteiger partial charge in [0.25, 0.3) is 5.91 Å². The molecule has 116 valence electrons. The molecular formula is C16H24N2O3. The largest absolute Gasteiger partial charge is 0.497 e. The van der Waals surface area contributed by atoms with Gasteiger partial charge in [-0.2, -0.15) is 0 Å². The molecule has 1 heterocycles. The normalized spacial score (nSPS) is 21.4. The Labute approximate surface area is 126 Å². The summed E-state index contributed by atoms with van der Waals surface area (Å²) in [4.78, 5) is 14.2. The van der Waals surface area contributed by atoms with E-state index in [0.717, 1.165) is 17.7 Å². The second-order valence-corrected chi connectivity index (χ2v) is 5.84. The van der Waals surface area contributed by atoms with Crippen LogP contribution in [0.15, 0.2) is 24.3 Å². The number of methoxy groups -OCH3 is 1. The Morgan fingerprint density at radius 1 is 1.48 bits per heavy atom. The fourth-order valence-electron chi connectivity index (χ4n) is 2.62. The van der Waals surface area contributed by atoms with Gasteiger partial charge in [-0.25, -0.2) is 0 Å². The van der Waals surface area contributed by atoms with Gasteiger partial charge in [-0.05, 0) is 38.0 Å². The number of carbonyl (C=O) groups is 1. The lowest BCUT2D eigenvalue weighted by molar-refractivity contribution is -0.177. The summed E-state index contributed by atoms with van der Waals surface area (Å²) in [6.07, 6.45) is 0.694. The zero-order chi connectivity index (χ0) is 15.5. The fraction of sp³-hybridized carbons (Fsp3) is 0.562. The Morgan fingerprint density at radius 3 is 2.90 bits per heavy atom. The van der Waals surface area contributed by atoms with Gasteiger partial charge >= 0.3 is 0 Å². The van der Waals surface area contributed by atoms with Crippen molar-refractivity contribution < 1.29 is 14.3 Å². The summed E-state index contributed by atoms with van der Waals surface area (Å²) in [5.41, 5.74) is 6.05. The maximum absolute atomic E-state index is 12.4. The molecule has 1 atom stereocenters. The van der Waals surface area contributed by atoms with E-state index in [2.05, 4.69) is 0 Å². The zero-order valence-corrected chi connectivity index (χ0v) is 13.0. The smallest absolute Gasteiger partial charge is 0.254 e. The number of nitrogens with zero attached hydrogens (tertiary/aromatic N) is 1. The molecule has 0 aromatic heterocycles. The Hall–Kier alpha value is -1.59. The molecule has 2 rings (SSSR count). The van der Waals surface area contributed by atoms with E-state index < -0.39 is 5.60 Å². The molecule has 1 fully saturated rings. The lowest BCUT2D eigenvalue weighted by atomic mass is 10.0. The van der Waals surface area contributed by atoms with E-state index in [9.17, 15) is 4.79 Å². The van der Waals surface area contributed by atoms with Crippen LogP contribution in [-0.2, 0) is 16.0 Å². The molecule has 5 heteroatoms. The van der Waals surface area contributed by atoms with Gasteiger partial charge in [0.15, 0.2) is 0 Å². The predicted molar refractivity (Wildman–Crippen MR) is 81.3 cm³/mol. The summed E-state index contributed by atoms with van der Waals surface area (Å²) in [6, 6.07) is 7.91. The minimum atomic E-state index is -0.795. The highest BCUT2D eigenvalue weighted by Gasteiger charge is 2.40. The molecule has 1 aromatic rings. The molecule has 0 aliphatic carbocycles. The molecule has 0 saturated carbocycles. The Bertz CT molecular complexity index is 502. The van der Waals surface area contributed by atoms with Crippen LogP contribution in [-0.4, -0.2) is 49.3 Å². The van der Waals surface area contributed by atoms with Gasteiger partial charge in [0, 0.05) is 19.6 Å². The van der Waals surface area contributed by atoms with Crippen molar-refractivity contribution in [3.05, 3.63) is 29.8 Å². The second kappa shape index (κ2) is 6.45. The summed E-state index contributed by atoms with van der Waals surface area (Å²) in [5, 5.41) is 0. The molecule has 1 aromatic carbocycles. The van der Waals surface area contributed by atoms with E-state index in [0.29, 0.717) is 19.6 Å². The Kier molecular flexibility index (Phi) is 4.85. The molecule has 5 nitrogen and oxygen atoms in total. The lowest BCUT2D eigenvalue weighted by Gasteiger charge is -2.41. The number of amides is 1. The average Bonchev–Trinajstić information content (AvgIpc) is 2.48. The van der Waals surface area contributed by atoms with E-state index >= 15 is 0 Å². The zero-order valence-electron chi connectivity index (χ0n) is 13.0. The van der Waals surface area contributed by atoms with Gasteiger partial charge in [-0.3, -0.25) is 4.79 Å². The number of ether oxygens (including phenoxy) is 2. The van der Waals surface area contributed by atoms with Crippen molar-refractivity contribution in [2.75, 3.05) is 26.7 Å². The van der Waals surface area contributed by atoms with Crippen LogP contribution in [0.2, 0.25) is 0 Å². The predicted octanol–water partition coefficient (Wildman–Crippen LogP) is 1.20. The van der Waals surface area contributed by atoms with E-state index in [1.165, 1.54) is 0 Å². The van der Waals surface area contributed by atoms with E-state index in [-0.39, 0.29) is 12.0 Å². The third kappa shape index (κ3) is 3.74. The first-order valence-corrected chi connectivity index (χ1v) is 7.26. The van der Waals surface area contributed by atoms with Crippen LogP contribution in [0.4, 0.5) is 0 Å². The lowest BCUT2D eigenvalue weighted by Crippen LogP contribution is -2.59. The van der Waals surface area contributed by atoms with E-state index in [1.54, 1.807) is 21.0 Å². The summed E-state index contributed by atoms with van der Waals surface area (Å²) in [5.74, 6) is 0.857. The highest BCUT2D eigenvalue weighted by Crippen LogP contribution is 2.22. The standard InChI is InChI=1S/C16H24N2O3/c1-16(2)15(19)18(11-14(10-17)21-16)8-7-12-5-4-6-13(9-12)20-3/h4-6,9,14H,7-8,10-11,17H2,1-3H3. The first-order chi connectivity index (χ1) is 9.96.